The summed E-state index contributed by atoms with van der Waals surface area (Å²) in [5.74, 6) is -0.256. The van der Waals surface area contributed by atoms with Gasteiger partial charge in [0.15, 0.2) is 0 Å². The standard InChI is InChI=1S/C10H10O4/c1-5(11)7-3-2-6-4-14-10(13)9(12)8(6)7/h4,11-12H,2-3H2,1H3. The number of fused-ring (bicyclic) bond motifs is 1. The molecule has 0 saturated carbocycles. The number of hydrogen-bond donors (Lipinski definition) is 2. The third-order valence-corrected chi connectivity index (χ3v) is 2.44. The molecule has 0 atom stereocenters. The summed E-state index contributed by atoms with van der Waals surface area (Å²) >= 11 is 0. The van der Waals surface area contributed by atoms with Gasteiger partial charge in [0, 0.05) is 11.1 Å². The van der Waals surface area contributed by atoms with Crippen molar-refractivity contribution >= 4 is 5.57 Å². The molecule has 2 rings (SSSR count). The Bertz CT molecular complexity index is 464. The number of aliphatic hydroxyl groups is 1. The third kappa shape index (κ3) is 1.11. The van der Waals surface area contributed by atoms with Crippen LogP contribution in [0.15, 0.2) is 21.2 Å². The molecule has 0 spiro atoms. The van der Waals surface area contributed by atoms with Crippen molar-refractivity contribution in [3.8, 4) is 5.75 Å². The third-order valence-electron chi connectivity index (χ3n) is 2.44. The van der Waals surface area contributed by atoms with Crippen molar-refractivity contribution in [2.24, 2.45) is 0 Å². The summed E-state index contributed by atoms with van der Waals surface area (Å²) in [4.78, 5) is 11.0. The fraction of sp³-hybridized carbons (Fsp3) is 0.300. The lowest BCUT2D eigenvalue weighted by atomic mass is 10.1. The van der Waals surface area contributed by atoms with Crippen molar-refractivity contribution < 1.29 is 14.6 Å². The molecule has 0 unspecified atom stereocenters. The largest absolute Gasteiger partial charge is 0.512 e. The highest BCUT2D eigenvalue weighted by Gasteiger charge is 2.24. The Morgan fingerprint density at radius 2 is 2.21 bits per heavy atom. The van der Waals surface area contributed by atoms with Crippen LogP contribution in [-0.4, -0.2) is 10.2 Å². The van der Waals surface area contributed by atoms with E-state index < -0.39 is 11.4 Å². The first kappa shape index (κ1) is 8.87. The molecule has 0 fully saturated rings. The van der Waals surface area contributed by atoms with Crippen LogP contribution >= 0.6 is 0 Å². The van der Waals surface area contributed by atoms with Crippen molar-refractivity contribution in [1.29, 1.82) is 0 Å². The van der Waals surface area contributed by atoms with Crippen molar-refractivity contribution in [2.75, 3.05) is 0 Å². The molecule has 0 amide bonds. The van der Waals surface area contributed by atoms with Gasteiger partial charge >= 0.3 is 5.63 Å². The van der Waals surface area contributed by atoms with Gasteiger partial charge in [0.1, 0.15) is 0 Å². The van der Waals surface area contributed by atoms with Crippen LogP contribution in [0.5, 0.6) is 5.75 Å². The summed E-state index contributed by atoms with van der Waals surface area (Å²) < 4.78 is 4.62. The average molecular weight is 194 g/mol. The number of hydrogen-bond acceptors (Lipinski definition) is 4. The van der Waals surface area contributed by atoms with Crippen LogP contribution in [-0.2, 0) is 6.42 Å². The zero-order valence-electron chi connectivity index (χ0n) is 7.70. The van der Waals surface area contributed by atoms with Gasteiger partial charge in [-0.3, -0.25) is 0 Å². The van der Waals surface area contributed by atoms with Crippen LogP contribution in [0.3, 0.4) is 0 Å². The van der Waals surface area contributed by atoms with Crippen LogP contribution < -0.4 is 5.63 Å². The predicted octanol–water partition coefficient (Wildman–Crippen LogP) is 1.58. The molecule has 0 saturated heterocycles. The summed E-state index contributed by atoms with van der Waals surface area (Å²) in [6.45, 7) is 1.54. The fourth-order valence-electron chi connectivity index (χ4n) is 1.76. The van der Waals surface area contributed by atoms with Crippen molar-refractivity contribution in [2.45, 2.75) is 19.8 Å². The number of allylic oxidation sites excluding steroid dienone is 2. The molecular weight excluding hydrogens is 184 g/mol. The Morgan fingerprint density at radius 1 is 1.50 bits per heavy atom. The monoisotopic (exact) mass is 194 g/mol. The number of aliphatic hydroxyl groups excluding tert-OH is 1. The summed E-state index contributed by atoms with van der Waals surface area (Å²) in [5, 5.41) is 18.8. The maximum atomic E-state index is 11.0. The Labute approximate surface area is 80.1 Å². The zero-order chi connectivity index (χ0) is 10.3. The number of rotatable bonds is 0. The Hall–Kier alpha value is -1.71. The molecule has 1 aromatic heterocycles. The number of aryl methyl sites for hydroxylation is 1. The van der Waals surface area contributed by atoms with Crippen LogP contribution in [0.4, 0.5) is 0 Å². The van der Waals surface area contributed by atoms with E-state index in [1.54, 1.807) is 6.92 Å². The molecule has 4 nitrogen and oxygen atoms in total. The maximum Gasteiger partial charge on any atom is 0.378 e. The minimum atomic E-state index is -0.760. The summed E-state index contributed by atoms with van der Waals surface area (Å²) in [5.41, 5.74) is 1.08. The van der Waals surface area contributed by atoms with E-state index in [4.69, 9.17) is 0 Å². The van der Waals surface area contributed by atoms with Crippen molar-refractivity contribution in [3.05, 3.63) is 33.6 Å². The fourth-order valence-corrected chi connectivity index (χ4v) is 1.76. The topological polar surface area (TPSA) is 70.7 Å². The molecule has 1 heterocycles. The maximum absolute atomic E-state index is 11.0. The predicted molar refractivity (Wildman–Crippen MR) is 50.2 cm³/mol. The van der Waals surface area contributed by atoms with E-state index in [0.717, 1.165) is 5.56 Å². The van der Waals surface area contributed by atoms with Crippen molar-refractivity contribution in [3.63, 3.8) is 0 Å². The molecule has 0 aliphatic heterocycles. The second-order valence-electron chi connectivity index (χ2n) is 3.34. The minimum Gasteiger partial charge on any atom is -0.512 e. The molecule has 74 valence electrons. The highest BCUT2D eigenvalue weighted by atomic mass is 16.4. The first-order valence-electron chi connectivity index (χ1n) is 4.34. The zero-order valence-corrected chi connectivity index (χ0v) is 7.70. The van der Waals surface area contributed by atoms with Crippen LogP contribution in [0, 0.1) is 0 Å². The van der Waals surface area contributed by atoms with Crippen LogP contribution in [0.1, 0.15) is 24.5 Å². The Balaban J connectivity index is 2.76. The normalized spacial score (nSPS) is 18.1. The first-order valence-corrected chi connectivity index (χ1v) is 4.34. The summed E-state index contributed by atoms with van der Waals surface area (Å²) in [6.07, 6.45) is 2.65. The van der Waals surface area contributed by atoms with Crippen molar-refractivity contribution in [1.82, 2.24) is 0 Å². The van der Waals surface area contributed by atoms with Gasteiger partial charge in [-0.05, 0) is 25.3 Å². The van der Waals surface area contributed by atoms with Gasteiger partial charge in [-0.2, -0.15) is 0 Å². The quantitative estimate of drug-likeness (QED) is 0.615. The molecule has 2 N–H and O–H groups in total. The van der Waals surface area contributed by atoms with Gasteiger partial charge in [-0.15, -0.1) is 0 Å². The summed E-state index contributed by atoms with van der Waals surface area (Å²) in [7, 11) is 0. The first-order chi connectivity index (χ1) is 6.61. The van der Waals surface area contributed by atoms with Crippen LogP contribution in [0.2, 0.25) is 0 Å². The van der Waals surface area contributed by atoms with Gasteiger partial charge in [0.25, 0.3) is 0 Å². The van der Waals surface area contributed by atoms with Gasteiger partial charge in [-0.1, -0.05) is 0 Å². The SMILES string of the molecule is CC(O)=C1CCc2coc(=O)c(O)c21. The molecule has 0 radical (unpaired) electrons. The lowest BCUT2D eigenvalue weighted by molar-refractivity contribution is 0.404. The Kier molecular flexibility index (Phi) is 1.84. The lowest BCUT2D eigenvalue weighted by Crippen LogP contribution is -2.01. The Morgan fingerprint density at radius 3 is 2.86 bits per heavy atom. The van der Waals surface area contributed by atoms with E-state index in [-0.39, 0.29) is 5.76 Å². The molecule has 1 aromatic rings. The van der Waals surface area contributed by atoms with E-state index in [1.807, 2.05) is 0 Å². The molecule has 1 aliphatic carbocycles. The molecule has 0 aromatic carbocycles. The van der Waals surface area contributed by atoms with Gasteiger partial charge in [0.2, 0.25) is 5.75 Å². The average Bonchev–Trinajstić information content (AvgIpc) is 2.55. The van der Waals surface area contributed by atoms with E-state index >= 15 is 0 Å². The second-order valence-corrected chi connectivity index (χ2v) is 3.34. The van der Waals surface area contributed by atoms with E-state index in [1.165, 1.54) is 6.26 Å². The van der Waals surface area contributed by atoms with E-state index in [2.05, 4.69) is 4.42 Å². The van der Waals surface area contributed by atoms with Gasteiger partial charge in [-0.25, -0.2) is 4.79 Å². The molecule has 1 aliphatic rings. The van der Waals surface area contributed by atoms with Gasteiger partial charge < -0.3 is 14.6 Å². The molecule has 4 heteroatoms. The smallest absolute Gasteiger partial charge is 0.378 e. The molecule has 14 heavy (non-hydrogen) atoms. The second kappa shape index (κ2) is 2.90. The highest BCUT2D eigenvalue weighted by molar-refractivity contribution is 5.76. The lowest BCUT2D eigenvalue weighted by Gasteiger charge is -2.02. The highest BCUT2D eigenvalue weighted by Crippen LogP contribution is 2.37. The molecular formula is C10H10O4. The number of aromatic hydroxyl groups is 1. The van der Waals surface area contributed by atoms with E-state index in [0.29, 0.717) is 24.0 Å². The summed E-state index contributed by atoms with van der Waals surface area (Å²) in [6, 6.07) is 0. The minimum absolute atomic E-state index is 0.143. The van der Waals surface area contributed by atoms with Gasteiger partial charge in [0.05, 0.1) is 12.0 Å². The molecule has 0 bridgehead atoms. The van der Waals surface area contributed by atoms with E-state index in [9.17, 15) is 15.0 Å². The van der Waals surface area contributed by atoms with Crippen LogP contribution in [0.25, 0.3) is 5.57 Å².